The third kappa shape index (κ3) is 4.82. The summed E-state index contributed by atoms with van der Waals surface area (Å²) in [5, 5.41) is 15.9. The highest BCUT2D eigenvalue weighted by Crippen LogP contribution is 2.42. The maximum atomic E-state index is 11.2. The van der Waals surface area contributed by atoms with Crippen molar-refractivity contribution in [2.75, 3.05) is 6.54 Å². The Morgan fingerprint density at radius 2 is 1.54 bits per heavy atom. The summed E-state index contributed by atoms with van der Waals surface area (Å²) in [4.78, 5) is 0. The van der Waals surface area contributed by atoms with Crippen molar-refractivity contribution >= 4 is 10.9 Å². The van der Waals surface area contributed by atoms with E-state index in [9.17, 15) is 5.11 Å². The average molecular weight is 463 g/mol. The van der Waals surface area contributed by atoms with Crippen molar-refractivity contribution in [2.45, 2.75) is 46.3 Å². The zero-order valence-corrected chi connectivity index (χ0v) is 20.9. The Morgan fingerprint density at radius 1 is 0.857 bits per heavy atom. The summed E-state index contributed by atoms with van der Waals surface area (Å²) in [5.41, 5.74) is 11.0. The van der Waals surface area contributed by atoms with Gasteiger partial charge in [-0.2, -0.15) is 0 Å². The van der Waals surface area contributed by atoms with Gasteiger partial charge in [0.25, 0.3) is 0 Å². The number of hydrogen-bond acceptors (Lipinski definition) is 2. The molecule has 0 amide bonds. The summed E-state index contributed by atoms with van der Waals surface area (Å²) in [6.45, 7) is 7.55. The third-order valence-corrected chi connectivity index (χ3v) is 6.92. The van der Waals surface area contributed by atoms with Crippen molar-refractivity contribution in [2.24, 2.45) is 0 Å². The standard InChI is InChI=1S/C32H34N2O/c1-22-14-16-27(17-15-22)33-20-28(35)21-34-31-24(3)18-23(2)19-29(31)30(25-10-6-4-7-11-25)32(34)26-12-8-5-9-13-26/h4-14,16,18-19,28,33,35H,15,17,20-21H2,1-3H3. The second-order valence-electron chi connectivity index (χ2n) is 9.78. The molecule has 3 heteroatoms. The Balaban J connectivity index is 1.62. The van der Waals surface area contributed by atoms with E-state index in [4.69, 9.17) is 0 Å². The molecule has 35 heavy (non-hydrogen) atoms. The maximum Gasteiger partial charge on any atom is 0.0891 e. The first kappa shape index (κ1) is 23.2. The van der Waals surface area contributed by atoms with Crippen LogP contribution in [0.15, 0.2) is 96.2 Å². The van der Waals surface area contributed by atoms with Crippen LogP contribution in [0.3, 0.4) is 0 Å². The molecule has 1 atom stereocenters. The Kier molecular flexibility index (Phi) is 6.61. The molecule has 4 aromatic rings. The Labute approximate surface area is 208 Å². The molecule has 178 valence electrons. The molecule has 3 nitrogen and oxygen atoms in total. The molecule has 0 bridgehead atoms. The van der Waals surface area contributed by atoms with Crippen molar-refractivity contribution in [1.29, 1.82) is 0 Å². The van der Waals surface area contributed by atoms with Gasteiger partial charge in [-0.05, 0) is 62.4 Å². The van der Waals surface area contributed by atoms with Gasteiger partial charge in [-0.3, -0.25) is 0 Å². The van der Waals surface area contributed by atoms with Gasteiger partial charge in [-0.25, -0.2) is 0 Å². The highest BCUT2D eigenvalue weighted by atomic mass is 16.3. The number of aryl methyl sites for hydroxylation is 2. The number of hydrogen-bond donors (Lipinski definition) is 2. The monoisotopic (exact) mass is 462 g/mol. The van der Waals surface area contributed by atoms with E-state index in [1.807, 2.05) is 0 Å². The van der Waals surface area contributed by atoms with Gasteiger partial charge in [0.15, 0.2) is 0 Å². The fraction of sp³-hybridized carbons (Fsp3) is 0.250. The first-order chi connectivity index (χ1) is 17.0. The minimum absolute atomic E-state index is 0.520. The van der Waals surface area contributed by atoms with Crippen LogP contribution in [-0.2, 0) is 6.54 Å². The van der Waals surface area contributed by atoms with Crippen molar-refractivity contribution in [3.8, 4) is 22.4 Å². The Bertz CT molecular complexity index is 1390. The molecular weight excluding hydrogens is 428 g/mol. The van der Waals surface area contributed by atoms with Gasteiger partial charge in [0.05, 0.1) is 23.9 Å². The van der Waals surface area contributed by atoms with Crippen molar-refractivity contribution in [3.05, 3.63) is 107 Å². The number of aromatic nitrogens is 1. The summed E-state index contributed by atoms with van der Waals surface area (Å²) in [6, 6.07) is 25.8. The largest absolute Gasteiger partial charge is 0.389 e. The predicted octanol–water partition coefficient (Wildman–Crippen LogP) is 7.17. The second-order valence-corrected chi connectivity index (χ2v) is 9.78. The van der Waals surface area contributed by atoms with E-state index in [-0.39, 0.29) is 0 Å². The number of fused-ring (bicyclic) bond motifs is 1. The summed E-state index contributed by atoms with van der Waals surface area (Å²) < 4.78 is 2.34. The minimum Gasteiger partial charge on any atom is -0.389 e. The van der Waals surface area contributed by atoms with E-state index in [1.165, 1.54) is 44.4 Å². The van der Waals surface area contributed by atoms with E-state index < -0.39 is 6.10 Å². The predicted molar refractivity (Wildman–Crippen MR) is 147 cm³/mol. The molecule has 1 aliphatic carbocycles. The van der Waals surface area contributed by atoms with E-state index in [0.29, 0.717) is 13.1 Å². The fourth-order valence-corrected chi connectivity index (χ4v) is 5.27. The smallest absolute Gasteiger partial charge is 0.0891 e. The number of aliphatic hydroxyl groups excluding tert-OH is 1. The van der Waals surface area contributed by atoms with Gasteiger partial charge in [-0.1, -0.05) is 83.9 Å². The molecule has 1 aromatic heterocycles. The zero-order valence-electron chi connectivity index (χ0n) is 20.9. The maximum absolute atomic E-state index is 11.2. The number of rotatable bonds is 7. The van der Waals surface area contributed by atoms with Gasteiger partial charge in [0, 0.05) is 23.2 Å². The lowest BCUT2D eigenvalue weighted by atomic mass is 9.97. The van der Waals surface area contributed by atoms with Gasteiger partial charge in [0.2, 0.25) is 0 Å². The van der Waals surface area contributed by atoms with Crippen molar-refractivity contribution in [1.82, 2.24) is 9.88 Å². The van der Waals surface area contributed by atoms with Crippen LogP contribution in [0.1, 0.15) is 30.9 Å². The molecular formula is C32H34N2O. The van der Waals surface area contributed by atoms with E-state index in [0.717, 1.165) is 24.1 Å². The third-order valence-electron chi connectivity index (χ3n) is 6.92. The van der Waals surface area contributed by atoms with Crippen LogP contribution in [0.4, 0.5) is 0 Å². The molecule has 5 rings (SSSR count). The summed E-state index contributed by atoms with van der Waals surface area (Å²) in [5.74, 6) is 0. The van der Waals surface area contributed by atoms with Crippen LogP contribution in [0.2, 0.25) is 0 Å². The highest BCUT2D eigenvalue weighted by Gasteiger charge is 2.23. The summed E-state index contributed by atoms with van der Waals surface area (Å²) in [6.07, 6.45) is 5.88. The normalized spacial score (nSPS) is 14.5. The fourth-order valence-electron chi connectivity index (χ4n) is 5.27. The van der Waals surface area contributed by atoms with Crippen LogP contribution in [0, 0.1) is 13.8 Å². The molecule has 2 N–H and O–H groups in total. The Morgan fingerprint density at radius 3 is 2.20 bits per heavy atom. The molecule has 0 fully saturated rings. The van der Waals surface area contributed by atoms with Crippen LogP contribution in [-0.4, -0.2) is 22.3 Å². The lowest BCUT2D eigenvalue weighted by molar-refractivity contribution is 0.156. The number of benzene rings is 3. The molecule has 0 radical (unpaired) electrons. The highest BCUT2D eigenvalue weighted by molar-refractivity contribution is 6.06. The van der Waals surface area contributed by atoms with Crippen molar-refractivity contribution in [3.63, 3.8) is 0 Å². The first-order valence-electron chi connectivity index (χ1n) is 12.5. The molecule has 0 spiro atoms. The number of aliphatic hydroxyl groups is 1. The lowest BCUT2D eigenvalue weighted by Crippen LogP contribution is -2.30. The minimum atomic E-state index is -0.523. The lowest BCUT2D eigenvalue weighted by Gasteiger charge is -2.20. The van der Waals surface area contributed by atoms with Gasteiger partial charge in [-0.15, -0.1) is 0 Å². The average Bonchev–Trinajstić information content (AvgIpc) is 3.18. The number of nitrogens with zero attached hydrogens (tertiary/aromatic N) is 1. The SMILES string of the molecule is CC1=CC=C(NCC(O)Cn2c(-c3ccccc3)c(-c3ccccc3)c3cc(C)cc(C)c32)CC1. The molecule has 0 saturated heterocycles. The Hall–Kier alpha value is -3.56. The number of nitrogens with one attached hydrogen (secondary N) is 1. The molecule has 0 aliphatic heterocycles. The number of allylic oxidation sites excluding steroid dienone is 4. The van der Waals surface area contributed by atoms with Crippen molar-refractivity contribution < 1.29 is 5.11 Å². The molecule has 1 aliphatic rings. The molecule has 3 aromatic carbocycles. The zero-order chi connectivity index (χ0) is 24.4. The van der Waals surface area contributed by atoms with Gasteiger partial charge in [0.1, 0.15) is 0 Å². The van der Waals surface area contributed by atoms with Crippen LogP contribution >= 0.6 is 0 Å². The van der Waals surface area contributed by atoms with Gasteiger partial charge < -0.3 is 15.0 Å². The van der Waals surface area contributed by atoms with Crippen LogP contribution in [0.5, 0.6) is 0 Å². The quantitative estimate of drug-likeness (QED) is 0.306. The van der Waals surface area contributed by atoms with Crippen LogP contribution < -0.4 is 5.32 Å². The van der Waals surface area contributed by atoms with Gasteiger partial charge >= 0.3 is 0 Å². The second kappa shape index (κ2) is 9.97. The summed E-state index contributed by atoms with van der Waals surface area (Å²) in [7, 11) is 0. The summed E-state index contributed by atoms with van der Waals surface area (Å²) >= 11 is 0. The van der Waals surface area contributed by atoms with E-state index in [1.54, 1.807) is 0 Å². The van der Waals surface area contributed by atoms with E-state index >= 15 is 0 Å². The van der Waals surface area contributed by atoms with Crippen LogP contribution in [0.25, 0.3) is 33.3 Å². The van der Waals surface area contributed by atoms with E-state index in [2.05, 4.69) is 116 Å². The molecule has 0 saturated carbocycles. The molecule has 1 heterocycles. The first-order valence-corrected chi connectivity index (χ1v) is 12.5. The topological polar surface area (TPSA) is 37.2 Å². The molecule has 1 unspecified atom stereocenters.